The molecule has 0 fully saturated rings. The Morgan fingerprint density at radius 2 is 2.00 bits per heavy atom. The van der Waals surface area contributed by atoms with Crippen LogP contribution in [0.2, 0.25) is 0 Å². The largest absolute Gasteiger partial charge is 0.344 e. The summed E-state index contributed by atoms with van der Waals surface area (Å²) in [6.07, 6.45) is 3.61. The molecule has 121 valence electrons. The van der Waals surface area contributed by atoms with E-state index in [1.54, 1.807) is 6.29 Å². The van der Waals surface area contributed by atoms with Gasteiger partial charge in [-0.15, -0.1) is 0 Å². The second-order valence-corrected chi connectivity index (χ2v) is 5.02. The number of carbonyl (C=O) groups excluding carboxylic acids is 2. The molecular formula is C15H20F2N3O2. The first kappa shape index (κ1) is 18.2. The summed E-state index contributed by atoms with van der Waals surface area (Å²) in [6, 6.07) is 1.58. The number of unbranched alkanes of at least 4 members (excludes halogenated alkanes) is 1. The molecule has 1 aromatic rings. The lowest BCUT2D eigenvalue weighted by molar-refractivity contribution is -0.122. The van der Waals surface area contributed by atoms with E-state index in [1.807, 2.05) is 0 Å². The second kappa shape index (κ2) is 9.22. The molecule has 0 bridgehead atoms. The molecule has 1 radical (unpaired) electrons. The van der Waals surface area contributed by atoms with E-state index in [2.05, 4.69) is 5.32 Å². The molecule has 0 aliphatic heterocycles. The maximum atomic E-state index is 13.1. The van der Waals surface area contributed by atoms with E-state index in [-0.39, 0.29) is 6.42 Å². The summed E-state index contributed by atoms with van der Waals surface area (Å²) in [5, 5.41) is 2.44. The van der Waals surface area contributed by atoms with Gasteiger partial charge in [0.25, 0.3) is 0 Å². The van der Waals surface area contributed by atoms with Crippen LogP contribution in [0.25, 0.3) is 0 Å². The van der Waals surface area contributed by atoms with Crippen molar-refractivity contribution in [3.05, 3.63) is 35.4 Å². The van der Waals surface area contributed by atoms with Gasteiger partial charge in [0.2, 0.25) is 12.2 Å². The second-order valence-electron chi connectivity index (χ2n) is 5.02. The summed E-state index contributed by atoms with van der Waals surface area (Å²) in [7, 11) is 0. The number of hydrogen-bond acceptors (Lipinski definition) is 4. The van der Waals surface area contributed by atoms with Crippen LogP contribution in [0, 0.1) is 11.6 Å². The van der Waals surface area contributed by atoms with Gasteiger partial charge in [0, 0.05) is 6.42 Å². The van der Waals surface area contributed by atoms with Crippen molar-refractivity contribution in [3.8, 4) is 0 Å². The van der Waals surface area contributed by atoms with E-state index in [1.165, 1.54) is 6.07 Å². The van der Waals surface area contributed by atoms with Crippen LogP contribution in [0.3, 0.4) is 0 Å². The summed E-state index contributed by atoms with van der Waals surface area (Å²) >= 11 is 0. The average molecular weight is 312 g/mol. The molecule has 0 saturated carbocycles. The first-order valence-electron chi connectivity index (χ1n) is 7.05. The maximum absolute atomic E-state index is 13.1. The normalized spacial score (nSPS) is 13.5. The number of hydrogen-bond donors (Lipinski definition) is 3. The molecule has 2 atom stereocenters. The molecule has 22 heavy (non-hydrogen) atoms. The highest BCUT2D eigenvalue weighted by Gasteiger charge is 2.18. The SMILES string of the molecule is NCCCC[C@H](N)C(=O)N[C@H]([C]=O)Cc1ccc(F)c(F)c1. The summed E-state index contributed by atoms with van der Waals surface area (Å²) in [5.41, 5.74) is 11.4. The molecule has 0 aliphatic rings. The number of halogens is 2. The fourth-order valence-corrected chi connectivity index (χ4v) is 1.94. The van der Waals surface area contributed by atoms with Crippen molar-refractivity contribution in [3.63, 3.8) is 0 Å². The minimum Gasteiger partial charge on any atom is -0.344 e. The van der Waals surface area contributed by atoms with E-state index in [4.69, 9.17) is 11.5 Å². The van der Waals surface area contributed by atoms with Gasteiger partial charge in [-0.1, -0.05) is 12.5 Å². The Morgan fingerprint density at radius 3 is 2.59 bits per heavy atom. The Hall–Kier alpha value is -1.86. The molecule has 0 spiro atoms. The van der Waals surface area contributed by atoms with Gasteiger partial charge in [-0.05, 0) is 37.1 Å². The standard InChI is InChI=1S/C15H20F2N3O2/c16-12-5-4-10(8-13(12)17)7-11(9-21)20-15(22)14(19)3-1-2-6-18/h4-5,8,11,14H,1-3,6-7,18-19H2,(H,20,22)/t11-,14-/m0/s1. The van der Waals surface area contributed by atoms with Crippen molar-refractivity contribution in [2.45, 2.75) is 37.8 Å². The van der Waals surface area contributed by atoms with E-state index in [0.717, 1.165) is 18.6 Å². The van der Waals surface area contributed by atoms with Gasteiger partial charge in [-0.2, -0.15) is 0 Å². The highest BCUT2D eigenvalue weighted by atomic mass is 19.2. The van der Waals surface area contributed by atoms with Crippen molar-refractivity contribution in [1.82, 2.24) is 5.32 Å². The fourth-order valence-electron chi connectivity index (χ4n) is 1.94. The van der Waals surface area contributed by atoms with Crippen molar-refractivity contribution in [2.75, 3.05) is 6.54 Å². The van der Waals surface area contributed by atoms with Crippen LogP contribution in [0.5, 0.6) is 0 Å². The lowest BCUT2D eigenvalue weighted by atomic mass is 10.1. The van der Waals surface area contributed by atoms with Crippen molar-refractivity contribution >= 4 is 12.2 Å². The predicted molar refractivity (Wildman–Crippen MR) is 78.6 cm³/mol. The summed E-state index contributed by atoms with van der Waals surface area (Å²) in [6.45, 7) is 0.523. The van der Waals surface area contributed by atoms with Crippen molar-refractivity contribution in [2.24, 2.45) is 11.5 Å². The first-order chi connectivity index (χ1) is 10.5. The monoisotopic (exact) mass is 312 g/mol. The molecule has 7 heteroatoms. The third-order valence-corrected chi connectivity index (χ3v) is 3.19. The van der Waals surface area contributed by atoms with Gasteiger partial charge in [0.05, 0.1) is 12.1 Å². The zero-order chi connectivity index (χ0) is 16.5. The Balaban J connectivity index is 2.55. The summed E-state index contributed by atoms with van der Waals surface area (Å²) in [5.74, 6) is -2.46. The summed E-state index contributed by atoms with van der Waals surface area (Å²) < 4.78 is 25.9. The molecule has 1 amide bonds. The van der Waals surface area contributed by atoms with Crippen molar-refractivity contribution in [1.29, 1.82) is 0 Å². The van der Waals surface area contributed by atoms with E-state index >= 15 is 0 Å². The van der Waals surface area contributed by atoms with Crippen molar-refractivity contribution < 1.29 is 18.4 Å². The van der Waals surface area contributed by atoms with Gasteiger partial charge in [-0.3, -0.25) is 9.59 Å². The van der Waals surface area contributed by atoms with E-state index < -0.39 is 29.6 Å². The van der Waals surface area contributed by atoms with Crippen LogP contribution in [-0.2, 0) is 16.0 Å². The number of nitrogens with two attached hydrogens (primary N) is 2. The van der Waals surface area contributed by atoms with Crippen LogP contribution in [-0.4, -0.2) is 30.8 Å². The van der Waals surface area contributed by atoms with Gasteiger partial charge < -0.3 is 16.8 Å². The third kappa shape index (κ3) is 5.87. The van der Waals surface area contributed by atoms with Gasteiger partial charge in [0.1, 0.15) is 0 Å². The Bertz CT molecular complexity index is 512. The summed E-state index contributed by atoms with van der Waals surface area (Å²) in [4.78, 5) is 22.8. The van der Waals surface area contributed by atoms with Crippen LogP contribution >= 0.6 is 0 Å². The number of nitrogens with one attached hydrogen (secondary N) is 1. The Labute approximate surface area is 128 Å². The maximum Gasteiger partial charge on any atom is 0.237 e. The van der Waals surface area contributed by atoms with Crippen LogP contribution in [0.4, 0.5) is 8.78 Å². The molecule has 0 saturated heterocycles. The topological polar surface area (TPSA) is 98.2 Å². The van der Waals surface area contributed by atoms with Gasteiger partial charge in [0.15, 0.2) is 11.6 Å². The Morgan fingerprint density at radius 1 is 1.27 bits per heavy atom. The predicted octanol–water partition coefficient (Wildman–Crippen LogP) is 0.558. The van der Waals surface area contributed by atoms with Gasteiger partial charge >= 0.3 is 0 Å². The highest BCUT2D eigenvalue weighted by molar-refractivity contribution is 5.84. The molecule has 5 nitrogen and oxygen atoms in total. The minimum atomic E-state index is -1.01. The van der Waals surface area contributed by atoms with Crippen LogP contribution < -0.4 is 16.8 Å². The van der Waals surface area contributed by atoms with E-state index in [0.29, 0.717) is 24.9 Å². The number of rotatable bonds is 9. The smallest absolute Gasteiger partial charge is 0.237 e. The first-order valence-corrected chi connectivity index (χ1v) is 7.05. The molecule has 0 heterocycles. The number of carbonyl (C=O) groups is 1. The fraction of sp³-hybridized carbons (Fsp3) is 0.467. The highest BCUT2D eigenvalue weighted by Crippen LogP contribution is 2.10. The molecule has 0 unspecified atom stereocenters. The molecule has 1 aromatic carbocycles. The lowest BCUT2D eigenvalue weighted by Gasteiger charge is -2.16. The third-order valence-electron chi connectivity index (χ3n) is 3.19. The molecule has 5 N–H and O–H groups in total. The molecular weight excluding hydrogens is 292 g/mol. The van der Waals surface area contributed by atoms with Crippen LogP contribution in [0.1, 0.15) is 24.8 Å². The van der Waals surface area contributed by atoms with Crippen LogP contribution in [0.15, 0.2) is 18.2 Å². The average Bonchev–Trinajstić information content (AvgIpc) is 2.50. The lowest BCUT2D eigenvalue weighted by Crippen LogP contribution is -2.46. The molecule has 0 aliphatic carbocycles. The van der Waals surface area contributed by atoms with Gasteiger partial charge in [-0.25, -0.2) is 8.78 Å². The minimum absolute atomic E-state index is 0.0158. The molecule has 0 aromatic heterocycles. The number of benzene rings is 1. The zero-order valence-electron chi connectivity index (χ0n) is 12.1. The Kier molecular flexibility index (Phi) is 7.62. The zero-order valence-corrected chi connectivity index (χ0v) is 12.1. The van der Waals surface area contributed by atoms with E-state index in [9.17, 15) is 18.4 Å². The number of amides is 1. The quantitative estimate of drug-likeness (QED) is 0.580. The molecule has 1 rings (SSSR count).